The Kier molecular flexibility index (Phi) is 3.71. The van der Waals surface area contributed by atoms with E-state index in [4.69, 9.17) is 5.73 Å². The molecule has 78 valence electrons. The molecule has 3 heteroatoms. The second-order valence-corrected chi connectivity index (χ2v) is 4.56. The Morgan fingerprint density at radius 3 is 2.15 bits per heavy atom. The lowest BCUT2D eigenvalue weighted by atomic mass is 10.1. The van der Waals surface area contributed by atoms with Gasteiger partial charge in [-0.1, -0.05) is 0 Å². The summed E-state index contributed by atoms with van der Waals surface area (Å²) >= 11 is 0. The fourth-order valence-electron chi connectivity index (χ4n) is 2.07. The van der Waals surface area contributed by atoms with E-state index in [-0.39, 0.29) is 0 Å². The van der Waals surface area contributed by atoms with E-state index >= 15 is 0 Å². The van der Waals surface area contributed by atoms with E-state index < -0.39 is 0 Å². The minimum absolute atomic E-state index is 0.294. The number of hydrogen-bond acceptors (Lipinski definition) is 3. The number of likely N-dealkylation sites (N-methyl/N-ethyl adjacent to an activating group) is 1. The van der Waals surface area contributed by atoms with Crippen LogP contribution in [-0.4, -0.2) is 54.6 Å². The quantitative estimate of drug-likeness (QED) is 0.674. The van der Waals surface area contributed by atoms with Crippen molar-refractivity contribution in [2.75, 3.05) is 26.7 Å². The van der Waals surface area contributed by atoms with Crippen LogP contribution in [0.4, 0.5) is 0 Å². The molecule has 1 fully saturated rings. The molecule has 1 heterocycles. The van der Waals surface area contributed by atoms with Gasteiger partial charge in [0.25, 0.3) is 0 Å². The summed E-state index contributed by atoms with van der Waals surface area (Å²) < 4.78 is 0. The van der Waals surface area contributed by atoms with Crippen molar-refractivity contribution < 1.29 is 0 Å². The van der Waals surface area contributed by atoms with Crippen molar-refractivity contribution in [2.24, 2.45) is 5.73 Å². The highest BCUT2D eigenvalue weighted by Gasteiger charge is 2.26. The molecule has 2 unspecified atom stereocenters. The fourth-order valence-corrected chi connectivity index (χ4v) is 2.07. The van der Waals surface area contributed by atoms with Crippen molar-refractivity contribution in [3.63, 3.8) is 0 Å². The topological polar surface area (TPSA) is 32.5 Å². The third-order valence-electron chi connectivity index (χ3n) is 2.98. The summed E-state index contributed by atoms with van der Waals surface area (Å²) in [6.07, 6.45) is 0. The molecule has 3 nitrogen and oxygen atoms in total. The lowest BCUT2D eigenvalue weighted by Gasteiger charge is -2.42. The van der Waals surface area contributed by atoms with Gasteiger partial charge in [0.05, 0.1) is 0 Å². The van der Waals surface area contributed by atoms with Gasteiger partial charge in [0, 0.05) is 37.8 Å². The molecule has 13 heavy (non-hydrogen) atoms. The average molecular weight is 185 g/mol. The molecular weight excluding hydrogens is 162 g/mol. The zero-order valence-electron chi connectivity index (χ0n) is 9.33. The number of nitrogens with zero attached hydrogens (tertiary/aromatic N) is 2. The fraction of sp³-hybridized carbons (Fsp3) is 1.00. The summed E-state index contributed by atoms with van der Waals surface area (Å²) in [7, 11) is 2.21. The van der Waals surface area contributed by atoms with Crippen LogP contribution < -0.4 is 5.73 Å². The van der Waals surface area contributed by atoms with Crippen LogP contribution in [0.5, 0.6) is 0 Å². The zero-order chi connectivity index (χ0) is 10.0. The van der Waals surface area contributed by atoms with Crippen molar-refractivity contribution in [3.05, 3.63) is 0 Å². The monoisotopic (exact) mass is 185 g/mol. The third-order valence-corrected chi connectivity index (χ3v) is 2.98. The Morgan fingerprint density at radius 2 is 1.77 bits per heavy atom. The highest BCUT2D eigenvalue weighted by Crippen LogP contribution is 2.12. The zero-order valence-corrected chi connectivity index (χ0v) is 9.33. The molecule has 0 bridgehead atoms. The summed E-state index contributed by atoms with van der Waals surface area (Å²) in [5.41, 5.74) is 5.79. The maximum absolute atomic E-state index is 5.79. The number of nitrogens with two attached hydrogens (primary N) is 1. The van der Waals surface area contributed by atoms with Crippen molar-refractivity contribution in [1.29, 1.82) is 0 Å². The summed E-state index contributed by atoms with van der Waals surface area (Å²) in [4.78, 5) is 4.91. The van der Waals surface area contributed by atoms with E-state index in [2.05, 4.69) is 37.6 Å². The van der Waals surface area contributed by atoms with E-state index in [1.54, 1.807) is 0 Å². The standard InChI is InChI=1S/C10H23N3/c1-8(11)5-13-6-9(2)12(4)10(3)7-13/h8-10H,5-7,11H2,1-4H3/t8-,9?,10?/m0/s1. The van der Waals surface area contributed by atoms with Crippen LogP contribution >= 0.6 is 0 Å². The van der Waals surface area contributed by atoms with E-state index in [0.29, 0.717) is 18.1 Å². The molecule has 0 aromatic carbocycles. The average Bonchev–Trinajstić information content (AvgIpc) is 1.98. The normalized spacial score (nSPS) is 34.8. The molecule has 2 N–H and O–H groups in total. The summed E-state index contributed by atoms with van der Waals surface area (Å²) in [6.45, 7) is 9.98. The molecule has 0 spiro atoms. The number of rotatable bonds is 2. The van der Waals surface area contributed by atoms with Gasteiger partial charge < -0.3 is 5.73 Å². The minimum Gasteiger partial charge on any atom is -0.327 e. The molecule has 0 aromatic rings. The van der Waals surface area contributed by atoms with E-state index in [9.17, 15) is 0 Å². The number of hydrogen-bond donors (Lipinski definition) is 1. The van der Waals surface area contributed by atoms with Gasteiger partial charge in [-0.2, -0.15) is 0 Å². The minimum atomic E-state index is 0.294. The van der Waals surface area contributed by atoms with Gasteiger partial charge >= 0.3 is 0 Å². The first-order chi connectivity index (χ1) is 6.00. The second kappa shape index (κ2) is 4.40. The van der Waals surface area contributed by atoms with E-state index in [0.717, 1.165) is 19.6 Å². The largest absolute Gasteiger partial charge is 0.327 e. The predicted molar refractivity (Wildman–Crippen MR) is 56.8 cm³/mol. The lowest BCUT2D eigenvalue weighted by Crippen LogP contribution is -2.56. The summed E-state index contributed by atoms with van der Waals surface area (Å²) in [5.74, 6) is 0. The van der Waals surface area contributed by atoms with Gasteiger partial charge in [-0.3, -0.25) is 9.80 Å². The molecule has 1 aliphatic heterocycles. The Hall–Kier alpha value is -0.120. The SMILES string of the molecule is CC1CN(C[C@H](C)N)CC(C)N1C. The first-order valence-corrected chi connectivity index (χ1v) is 5.20. The van der Waals surface area contributed by atoms with Gasteiger partial charge in [-0.25, -0.2) is 0 Å². The van der Waals surface area contributed by atoms with Gasteiger partial charge in [0.1, 0.15) is 0 Å². The van der Waals surface area contributed by atoms with E-state index in [1.807, 2.05) is 0 Å². The van der Waals surface area contributed by atoms with Crippen LogP contribution in [0.1, 0.15) is 20.8 Å². The first kappa shape index (κ1) is 11.0. The number of piperazine rings is 1. The smallest absolute Gasteiger partial charge is 0.0195 e. The first-order valence-electron chi connectivity index (χ1n) is 5.20. The van der Waals surface area contributed by atoms with Gasteiger partial charge in [0.15, 0.2) is 0 Å². The summed E-state index contributed by atoms with van der Waals surface area (Å²) in [5, 5.41) is 0. The summed E-state index contributed by atoms with van der Waals surface area (Å²) in [6, 6.07) is 1.60. The lowest BCUT2D eigenvalue weighted by molar-refractivity contribution is 0.0577. The maximum Gasteiger partial charge on any atom is 0.0195 e. The van der Waals surface area contributed by atoms with Crippen molar-refractivity contribution in [2.45, 2.75) is 38.9 Å². The molecule has 1 aliphatic rings. The van der Waals surface area contributed by atoms with Gasteiger partial charge in [-0.05, 0) is 27.8 Å². The molecule has 1 rings (SSSR count). The van der Waals surface area contributed by atoms with Crippen LogP contribution in [0, 0.1) is 0 Å². The van der Waals surface area contributed by atoms with Gasteiger partial charge in [0.2, 0.25) is 0 Å². The van der Waals surface area contributed by atoms with Gasteiger partial charge in [-0.15, -0.1) is 0 Å². The molecular formula is C10H23N3. The Balaban J connectivity index is 2.44. The Morgan fingerprint density at radius 1 is 1.31 bits per heavy atom. The van der Waals surface area contributed by atoms with E-state index in [1.165, 1.54) is 0 Å². The van der Waals surface area contributed by atoms with Crippen molar-refractivity contribution >= 4 is 0 Å². The molecule has 0 amide bonds. The molecule has 0 saturated carbocycles. The Labute approximate surface area is 81.9 Å². The van der Waals surface area contributed by atoms with Crippen LogP contribution in [0.3, 0.4) is 0 Å². The third kappa shape index (κ3) is 2.93. The highest BCUT2D eigenvalue weighted by atomic mass is 15.3. The molecule has 0 aliphatic carbocycles. The Bertz CT molecular complexity index is 146. The van der Waals surface area contributed by atoms with Crippen LogP contribution in [0.15, 0.2) is 0 Å². The van der Waals surface area contributed by atoms with Crippen LogP contribution in [0.2, 0.25) is 0 Å². The maximum atomic E-state index is 5.79. The van der Waals surface area contributed by atoms with Crippen LogP contribution in [-0.2, 0) is 0 Å². The molecule has 0 aromatic heterocycles. The van der Waals surface area contributed by atoms with Crippen molar-refractivity contribution in [3.8, 4) is 0 Å². The molecule has 3 atom stereocenters. The molecule has 0 radical (unpaired) electrons. The van der Waals surface area contributed by atoms with Crippen molar-refractivity contribution in [1.82, 2.24) is 9.80 Å². The second-order valence-electron chi connectivity index (χ2n) is 4.56. The highest BCUT2D eigenvalue weighted by molar-refractivity contribution is 4.83. The molecule has 1 saturated heterocycles. The predicted octanol–water partition coefficient (Wildman–Crippen LogP) is 0.358. The van der Waals surface area contributed by atoms with Crippen LogP contribution in [0.25, 0.3) is 0 Å².